The SMILES string of the molecule is COc1cc2c(cc1OC)C(c1cccs1)N(C(=O)c1ccccc1C)CC2. The molecule has 144 valence electrons. The van der Waals surface area contributed by atoms with Gasteiger partial charge in [0, 0.05) is 17.0 Å². The van der Waals surface area contributed by atoms with E-state index in [1.165, 1.54) is 5.56 Å². The third-order valence-corrected chi connectivity index (χ3v) is 6.25. The van der Waals surface area contributed by atoms with Crippen molar-refractivity contribution in [2.75, 3.05) is 20.8 Å². The van der Waals surface area contributed by atoms with Crippen molar-refractivity contribution in [1.29, 1.82) is 0 Å². The van der Waals surface area contributed by atoms with Crippen molar-refractivity contribution < 1.29 is 14.3 Å². The predicted molar refractivity (Wildman–Crippen MR) is 112 cm³/mol. The van der Waals surface area contributed by atoms with Crippen LogP contribution in [-0.4, -0.2) is 31.6 Å². The molecule has 3 aromatic rings. The molecule has 1 aromatic heterocycles. The Morgan fingerprint density at radius 1 is 1.07 bits per heavy atom. The van der Waals surface area contributed by atoms with Crippen molar-refractivity contribution in [3.8, 4) is 11.5 Å². The average molecular weight is 394 g/mol. The molecular formula is C23H23NO3S. The van der Waals surface area contributed by atoms with Gasteiger partial charge in [0.25, 0.3) is 5.91 Å². The zero-order valence-corrected chi connectivity index (χ0v) is 17.1. The summed E-state index contributed by atoms with van der Waals surface area (Å²) in [6.07, 6.45) is 0.787. The van der Waals surface area contributed by atoms with Gasteiger partial charge in [-0.25, -0.2) is 0 Å². The summed E-state index contributed by atoms with van der Waals surface area (Å²) in [5.41, 5.74) is 4.06. The second-order valence-corrected chi connectivity index (χ2v) is 7.87. The number of carbonyl (C=O) groups is 1. The lowest BCUT2D eigenvalue weighted by Gasteiger charge is -2.37. The fourth-order valence-corrected chi connectivity index (χ4v) is 4.74. The van der Waals surface area contributed by atoms with E-state index in [4.69, 9.17) is 9.47 Å². The van der Waals surface area contributed by atoms with E-state index in [-0.39, 0.29) is 11.9 Å². The summed E-state index contributed by atoms with van der Waals surface area (Å²) >= 11 is 1.67. The summed E-state index contributed by atoms with van der Waals surface area (Å²) in [6, 6.07) is 15.9. The van der Waals surface area contributed by atoms with Gasteiger partial charge in [-0.2, -0.15) is 0 Å². The van der Waals surface area contributed by atoms with Gasteiger partial charge in [-0.3, -0.25) is 4.79 Å². The number of aryl methyl sites for hydroxylation is 1. The Morgan fingerprint density at radius 2 is 1.82 bits per heavy atom. The van der Waals surface area contributed by atoms with Crippen molar-refractivity contribution in [1.82, 2.24) is 4.90 Å². The highest BCUT2D eigenvalue weighted by molar-refractivity contribution is 7.10. The van der Waals surface area contributed by atoms with E-state index >= 15 is 0 Å². The molecule has 0 spiro atoms. The smallest absolute Gasteiger partial charge is 0.254 e. The van der Waals surface area contributed by atoms with Crippen LogP contribution in [0.5, 0.6) is 11.5 Å². The number of fused-ring (bicyclic) bond motifs is 1. The van der Waals surface area contributed by atoms with Crippen LogP contribution in [0.25, 0.3) is 0 Å². The number of thiophene rings is 1. The van der Waals surface area contributed by atoms with Gasteiger partial charge in [0.1, 0.15) is 0 Å². The Kier molecular flexibility index (Phi) is 5.09. The van der Waals surface area contributed by atoms with Crippen molar-refractivity contribution in [2.24, 2.45) is 0 Å². The Bertz CT molecular complexity index is 997. The normalized spacial score (nSPS) is 15.8. The fourth-order valence-electron chi connectivity index (χ4n) is 3.89. The molecule has 4 rings (SSSR count). The van der Waals surface area contributed by atoms with E-state index in [2.05, 4.69) is 11.4 Å². The minimum absolute atomic E-state index is 0.0666. The van der Waals surface area contributed by atoms with Crippen molar-refractivity contribution in [2.45, 2.75) is 19.4 Å². The maximum absolute atomic E-state index is 13.5. The highest BCUT2D eigenvalue weighted by Gasteiger charge is 2.34. The standard InChI is InChI=1S/C23H23NO3S/c1-15-7-4-5-8-17(15)23(25)24-11-10-16-13-19(26-2)20(27-3)14-18(16)22(24)21-9-6-12-28-21/h4-9,12-14,22H,10-11H2,1-3H3. The number of carbonyl (C=O) groups excluding carboxylic acids is 1. The first-order valence-corrected chi connectivity index (χ1v) is 10.2. The molecular weight excluding hydrogens is 370 g/mol. The molecule has 28 heavy (non-hydrogen) atoms. The predicted octanol–water partition coefficient (Wildman–Crippen LogP) is 4.86. The summed E-state index contributed by atoms with van der Waals surface area (Å²) < 4.78 is 11.0. The maximum atomic E-state index is 13.5. The van der Waals surface area contributed by atoms with Crippen LogP contribution >= 0.6 is 11.3 Å². The second kappa shape index (κ2) is 7.68. The molecule has 0 radical (unpaired) electrons. The third-order valence-electron chi connectivity index (χ3n) is 5.32. The molecule has 1 atom stereocenters. The minimum Gasteiger partial charge on any atom is -0.493 e. The molecule has 1 aliphatic rings. The highest BCUT2D eigenvalue weighted by Crippen LogP contribution is 2.42. The number of hydrogen-bond acceptors (Lipinski definition) is 4. The van der Waals surface area contributed by atoms with E-state index in [9.17, 15) is 4.79 Å². The summed E-state index contributed by atoms with van der Waals surface area (Å²) in [5, 5.41) is 2.06. The Morgan fingerprint density at radius 3 is 2.50 bits per heavy atom. The molecule has 1 aliphatic heterocycles. The zero-order chi connectivity index (χ0) is 19.7. The van der Waals surface area contributed by atoms with E-state index < -0.39 is 0 Å². The van der Waals surface area contributed by atoms with Crippen LogP contribution in [0.1, 0.15) is 38.0 Å². The van der Waals surface area contributed by atoms with Gasteiger partial charge in [-0.05, 0) is 59.7 Å². The molecule has 2 heterocycles. The maximum Gasteiger partial charge on any atom is 0.254 e. The average Bonchev–Trinajstić information content (AvgIpc) is 3.26. The zero-order valence-electron chi connectivity index (χ0n) is 16.3. The molecule has 0 bridgehead atoms. The summed E-state index contributed by atoms with van der Waals surface area (Å²) in [4.78, 5) is 16.6. The molecule has 2 aromatic carbocycles. The highest BCUT2D eigenvalue weighted by atomic mass is 32.1. The Labute approximate surface area is 169 Å². The first kappa shape index (κ1) is 18.6. The first-order chi connectivity index (χ1) is 13.6. The van der Waals surface area contributed by atoms with Crippen LogP contribution in [0.15, 0.2) is 53.9 Å². The number of nitrogens with zero attached hydrogens (tertiary/aromatic N) is 1. The lowest BCUT2D eigenvalue weighted by molar-refractivity contribution is 0.0696. The topological polar surface area (TPSA) is 38.8 Å². The Balaban J connectivity index is 1.84. The number of methoxy groups -OCH3 is 2. The molecule has 4 nitrogen and oxygen atoms in total. The van der Waals surface area contributed by atoms with Gasteiger partial charge in [0.05, 0.1) is 20.3 Å². The number of rotatable bonds is 4. The van der Waals surface area contributed by atoms with Crippen LogP contribution in [0.2, 0.25) is 0 Å². The van der Waals surface area contributed by atoms with Crippen LogP contribution in [0.4, 0.5) is 0 Å². The van der Waals surface area contributed by atoms with Crippen LogP contribution in [-0.2, 0) is 6.42 Å². The monoisotopic (exact) mass is 393 g/mol. The van der Waals surface area contributed by atoms with Crippen molar-refractivity contribution >= 4 is 17.2 Å². The van der Waals surface area contributed by atoms with Gasteiger partial charge in [0.15, 0.2) is 11.5 Å². The summed E-state index contributed by atoms with van der Waals surface area (Å²) in [6.45, 7) is 2.65. The van der Waals surface area contributed by atoms with Crippen LogP contribution in [0.3, 0.4) is 0 Å². The van der Waals surface area contributed by atoms with Crippen molar-refractivity contribution in [3.05, 3.63) is 81.0 Å². The van der Waals surface area contributed by atoms with E-state index in [1.54, 1.807) is 25.6 Å². The molecule has 1 unspecified atom stereocenters. The molecule has 0 saturated heterocycles. The lowest BCUT2D eigenvalue weighted by Crippen LogP contribution is -2.40. The Hall–Kier alpha value is -2.79. The largest absolute Gasteiger partial charge is 0.493 e. The number of benzene rings is 2. The van der Waals surface area contributed by atoms with Crippen molar-refractivity contribution in [3.63, 3.8) is 0 Å². The molecule has 1 amide bonds. The molecule has 0 aliphatic carbocycles. The van der Waals surface area contributed by atoms with Crippen LogP contribution in [0, 0.1) is 6.92 Å². The number of ether oxygens (including phenoxy) is 2. The second-order valence-electron chi connectivity index (χ2n) is 6.89. The number of amides is 1. The number of hydrogen-bond donors (Lipinski definition) is 0. The van der Waals surface area contributed by atoms with Gasteiger partial charge in [0.2, 0.25) is 0 Å². The molecule has 0 N–H and O–H groups in total. The minimum atomic E-state index is -0.129. The first-order valence-electron chi connectivity index (χ1n) is 9.29. The van der Waals surface area contributed by atoms with Crippen LogP contribution < -0.4 is 9.47 Å². The van der Waals surface area contributed by atoms with Gasteiger partial charge in [-0.15, -0.1) is 11.3 Å². The summed E-state index contributed by atoms with van der Waals surface area (Å²) in [7, 11) is 3.29. The van der Waals surface area contributed by atoms with Gasteiger partial charge >= 0.3 is 0 Å². The third kappa shape index (κ3) is 3.16. The lowest BCUT2D eigenvalue weighted by atomic mass is 9.90. The quantitative estimate of drug-likeness (QED) is 0.635. The van der Waals surface area contributed by atoms with E-state index in [0.29, 0.717) is 12.3 Å². The van der Waals surface area contributed by atoms with E-state index in [1.807, 2.05) is 54.3 Å². The van der Waals surface area contributed by atoms with E-state index in [0.717, 1.165) is 33.7 Å². The molecule has 5 heteroatoms. The molecule has 0 saturated carbocycles. The molecule has 0 fully saturated rings. The fraction of sp³-hybridized carbons (Fsp3) is 0.261. The summed E-state index contributed by atoms with van der Waals surface area (Å²) in [5.74, 6) is 1.48. The van der Waals surface area contributed by atoms with Gasteiger partial charge in [-0.1, -0.05) is 24.3 Å². The van der Waals surface area contributed by atoms with Gasteiger partial charge < -0.3 is 14.4 Å².